The summed E-state index contributed by atoms with van der Waals surface area (Å²) >= 11 is 6.20. The molecule has 8 nitrogen and oxygen atoms in total. The number of fused-ring (bicyclic) bond motifs is 1. The number of alkyl halides is 3. The Bertz CT molecular complexity index is 1230. The van der Waals surface area contributed by atoms with Gasteiger partial charge in [0.1, 0.15) is 16.7 Å². The Hall–Kier alpha value is -3.21. The highest BCUT2D eigenvalue weighted by molar-refractivity contribution is 6.30. The SMILES string of the molecule is FC(F)(F)c1cn2c(-c3nccc(N4CCCC(c5cn[nH]c5Cl)C4)n3)cnc2cn1. The van der Waals surface area contributed by atoms with Crippen molar-refractivity contribution in [3.8, 4) is 11.5 Å². The summed E-state index contributed by atoms with van der Waals surface area (Å²) in [7, 11) is 0. The molecule has 0 spiro atoms. The molecule has 1 aliphatic heterocycles. The molecule has 1 aliphatic rings. The summed E-state index contributed by atoms with van der Waals surface area (Å²) in [5.74, 6) is 1.18. The topological polar surface area (TPSA) is 87.9 Å². The van der Waals surface area contributed by atoms with Crippen molar-refractivity contribution in [1.82, 2.24) is 34.5 Å². The van der Waals surface area contributed by atoms with Gasteiger partial charge in [-0.3, -0.25) is 9.50 Å². The molecule has 0 bridgehead atoms. The quantitative estimate of drug-likeness (QED) is 0.510. The Kier molecular flexibility index (Phi) is 4.77. The molecule has 1 saturated heterocycles. The predicted molar refractivity (Wildman–Crippen MR) is 107 cm³/mol. The average Bonchev–Trinajstić information content (AvgIpc) is 3.39. The van der Waals surface area contributed by atoms with Gasteiger partial charge in [-0.1, -0.05) is 11.6 Å². The first-order chi connectivity index (χ1) is 14.9. The lowest BCUT2D eigenvalue weighted by atomic mass is 9.93. The van der Waals surface area contributed by atoms with E-state index in [1.54, 1.807) is 18.5 Å². The minimum Gasteiger partial charge on any atom is -0.356 e. The molecule has 4 aromatic heterocycles. The van der Waals surface area contributed by atoms with E-state index in [1.807, 2.05) is 0 Å². The second-order valence-electron chi connectivity index (χ2n) is 7.30. The van der Waals surface area contributed by atoms with Crippen LogP contribution in [0.25, 0.3) is 17.2 Å². The molecule has 12 heteroatoms. The molecule has 1 atom stereocenters. The summed E-state index contributed by atoms with van der Waals surface area (Å²) in [5, 5.41) is 7.29. The minimum absolute atomic E-state index is 0.203. The third-order valence-electron chi connectivity index (χ3n) is 5.36. The number of hydrogen-bond donors (Lipinski definition) is 1. The van der Waals surface area contributed by atoms with Crippen LogP contribution in [0.5, 0.6) is 0 Å². The van der Waals surface area contributed by atoms with E-state index in [4.69, 9.17) is 11.6 Å². The maximum Gasteiger partial charge on any atom is 0.434 e. The van der Waals surface area contributed by atoms with E-state index in [-0.39, 0.29) is 17.4 Å². The average molecular weight is 449 g/mol. The van der Waals surface area contributed by atoms with Gasteiger partial charge in [-0.25, -0.2) is 19.9 Å². The first-order valence-electron chi connectivity index (χ1n) is 9.57. The van der Waals surface area contributed by atoms with Gasteiger partial charge < -0.3 is 4.90 Å². The first kappa shape index (κ1) is 19.7. The zero-order valence-electron chi connectivity index (χ0n) is 16.0. The summed E-state index contributed by atoms with van der Waals surface area (Å²) in [6, 6.07) is 1.79. The van der Waals surface area contributed by atoms with E-state index in [9.17, 15) is 13.2 Å². The summed E-state index contributed by atoms with van der Waals surface area (Å²) in [6.45, 7) is 1.50. The molecule has 1 unspecified atom stereocenters. The summed E-state index contributed by atoms with van der Waals surface area (Å²) in [4.78, 5) is 18.6. The van der Waals surface area contributed by atoms with Crippen molar-refractivity contribution in [2.45, 2.75) is 24.9 Å². The van der Waals surface area contributed by atoms with Gasteiger partial charge in [0.05, 0.1) is 18.6 Å². The Morgan fingerprint density at radius 3 is 2.77 bits per heavy atom. The van der Waals surface area contributed by atoms with E-state index in [2.05, 4.69) is 35.0 Å². The van der Waals surface area contributed by atoms with Crippen LogP contribution in [0, 0.1) is 0 Å². The van der Waals surface area contributed by atoms with Crippen LogP contribution in [0.15, 0.2) is 37.1 Å². The third-order valence-corrected chi connectivity index (χ3v) is 5.66. The van der Waals surface area contributed by atoms with Crippen molar-refractivity contribution in [2.75, 3.05) is 18.0 Å². The Morgan fingerprint density at radius 2 is 2.00 bits per heavy atom. The molecule has 5 heterocycles. The van der Waals surface area contributed by atoms with Crippen molar-refractivity contribution in [2.24, 2.45) is 0 Å². The smallest absolute Gasteiger partial charge is 0.356 e. The zero-order valence-corrected chi connectivity index (χ0v) is 16.8. The Balaban J connectivity index is 1.47. The van der Waals surface area contributed by atoms with Gasteiger partial charge in [-0.05, 0) is 18.9 Å². The lowest BCUT2D eigenvalue weighted by Crippen LogP contribution is -2.35. The highest BCUT2D eigenvalue weighted by atomic mass is 35.5. The fraction of sp³-hybridized carbons (Fsp3) is 0.316. The van der Waals surface area contributed by atoms with Gasteiger partial charge >= 0.3 is 6.18 Å². The molecule has 1 fully saturated rings. The molecule has 31 heavy (non-hydrogen) atoms. The fourth-order valence-corrected chi connectivity index (χ4v) is 4.11. The van der Waals surface area contributed by atoms with Gasteiger partial charge in [0.15, 0.2) is 17.2 Å². The molecule has 160 valence electrons. The number of anilines is 1. The Labute approximate surface area is 179 Å². The highest BCUT2D eigenvalue weighted by Gasteiger charge is 2.33. The van der Waals surface area contributed by atoms with Gasteiger partial charge in [0.2, 0.25) is 0 Å². The molecule has 0 saturated carbocycles. The second-order valence-corrected chi connectivity index (χ2v) is 7.68. The van der Waals surface area contributed by atoms with E-state index in [0.29, 0.717) is 23.2 Å². The molecule has 5 rings (SSSR count). The van der Waals surface area contributed by atoms with Crippen LogP contribution in [0.1, 0.15) is 30.0 Å². The molecule has 0 amide bonds. The van der Waals surface area contributed by atoms with E-state index < -0.39 is 11.9 Å². The van der Waals surface area contributed by atoms with Crippen LogP contribution in [0.3, 0.4) is 0 Å². The maximum atomic E-state index is 13.1. The minimum atomic E-state index is -4.56. The summed E-state index contributed by atoms with van der Waals surface area (Å²) in [5.41, 5.74) is 0.599. The number of aromatic amines is 1. The number of rotatable bonds is 3. The number of H-pyrrole nitrogens is 1. The van der Waals surface area contributed by atoms with Crippen molar-refractivity contribution in [1.29, 1.82) is 0 Å². The van der Waals surface area contributed by atoms with Crippen LogP contribution in [0.2, 0.25) is 5.15 Å². The van der Waals surface area contributed by atoms with Gasteiger partial charge in [0, 0.05) is 37.0 Å². The summed E-state index contributed by atoms with van der Waals surface area (Å²) < 4.78 is 40.6. The predicted octanol–water partition coefficient (Wildman–Crippen LogP) is 3.97. The van der Waals surface area contributed by atoms with Crippen molar-refractivity contribution in [3.63, 3.8) is 0 Å². The van der Waals surface area contributed by atoms with Crippen molar-refractivity contribution >= 4 is 23.1 Å². The van der Waals surface area contributed by atoms with Crippen molar-refractivity contribution < 1.29 is 13.2 Å². The largest absolute Gasteiger partial charge is 0.434 e. The molecule has 0 aromatic carbocycles. The second kappa shape index (κ2) is 7.49. The van der Waals surface area contributed by atoms with E-state index in [0.717, 1.165) is 37.3 Å². The van der Waals surface area contributed by atoms with Crippen LogP contribution in [-0.4, -0.2) is 47.6 Å². The zero-order chi connectivity index (χ0) is 21.6. The number of imidazole rings is 1. The molecular weight excluding hydrogens is 433 g/mol. The van der Waals surface area contributed by atoms with Gasteiger partial charge in [0.25, 0.3) is 0 Å². The third kappa shape index (κ3) is 3.69. The molecule has 0 radical (unpaired) electrons. The lowest BCUT2D eigenvalue weighted by Gasteiger charge is -2.33. The molecule has 0 aliphatic carbocycles. The Morgan fingerprint density at radius 1 is 1.13 bits per heavy atom. The fourth-order valence-electron chi connectivity index (χ4n) is 3.85. The highest BCUT2D eigenvalue weighted by Crippen LogP contribution is 2.33. The number of nitrogens with one attached hydrogen (secondary N) is 1. The number of hydrogen-bond acceptors (Lipinski definition) is 6. The van der Waals surface area contributed by atoms with E-state index in [1.165, 1.54) is 10.6 Å². The monoisotopic (exact) mass is 448 g/mol. The molecular formula is C19H16ClF3N8. The number of nitrogens with zero attached hydrogens (tertiary/aromatic N) is 7. The number of aromatic nitrogens is 7. The maximum absolute atomic E-state index is 13.1. The van der Waals surface area contributed by atoms with Crippen LogP contribution in [-0.2, 0) is 6.18 Å². The van der Waals surface area contributed by atoms with Crippen LogP contribution in [0.4, 0.5) is 19.0 Å². The van der Waals surface area contributed by atoms with Crippen LogP contribution < -0.4 is 4.90 Å². The van der Waals surface area contributed by atoms with Gasteiger partial charge in [-0.2, -0.15) is 18.3 Å². The molecule has 1 N–H and O–H groups in total. The summed E-state index contributed by atoms with van der Waals surface area (Å²) in [6.07, 6.45) is 4.14. The van der Waals surface area contributed by atoms with Crippen molar-refractivity contribution in [3.05, 3.63) is 53.5 Å². The molecule has 4 aromatic rings. The number of halogens is 4. The van der Waals surface area contributed by atoms with E-state index >= 15 is 0 Å². The van der Waals surface area contributed by atoms with Gasteiger partial charge in [-0.15, -0.1) is 0 Å². The normalized spacial score (nSPS) is 17.4. The number of piperidine rings is 1. The first-order valence-corrected chi connectivity index (χ1v) is 9.95. The standard InChI is InChI=1S/C19H16ClF3N8/c20-17-12(6-27-29-17)11-2-1-5-30(9-11)15-3-4-24-18(28-15)13-7-26-16-8-25-14(10-31(13)16)19(21,22)23/h3-4,6-8,10-11H,1-2,5,9H2,(H,27,29). The van der Waals surface area contributed by atoms with Crippen LogP contribution >= 0.6 is 11.6 Å². The lowest BCUT2D eigenvalue weighted by molar-refractivity contribution is -0.141.